The van der Waals surface area contributed by atoms with Crippen LogP contribution in [0.4, 0.5) is 16.4 Å². The number of pyridine rings is 1. The monoisotopic (exact) mass is 503 g/mol. The minimum Gasteiger partial charge on any atom is -0.460 e. The highest BCUT2D eigenvalue weighted by molar-refractivity contribution is 8.01. The number of anilines is 2. The van der Waals surface area contributed by atoms with E-state index in [0.29, 0.717) is 31.1 Å². The minimum absolute atomic E-state index is 0.0197. The predicted molar refractivity (Wildman–Crippen MR) is 135 cm³/mol. The van der Waals surface area contributed by atoms with E-state index in [2.05, 4.69) is 22.2 Å². The van der Waals surface area contributed by atoms with E-state index in [0.717, 1.165) is 0 Å². The molecule has 1 fully saturated rings. The Bertz CT molecular complexity index is 958. The molecule has 0 saturated carbocycles. The Morgan fingerprint density at radius 3 is 2.71 bits per heavy atom. The molecule has 2 heterocycles. The largest absolute Gasteiger partial charge is 0.460 e. The van der Waals surface area contributed by atoms with Gasteiger partial charge in [-0.1, -0.05) is 18.7 Å². The standard InChI is InChI=1S/C24H33N5O5S/c1-6-13-33-22(31)16(15-25)14-20-29(7-2)21(30)17(35-20)11-12-26-18-9-8-10-19(27-18)28-23(32)34-24(3,4)5/h6,8-10,16-17,20H,1,7,11-14H2,2-5H3,(H2,26,27,28,32). The number of nitriles is 1. The van der Waals surface area contributed by atoms with Gasteiger partial charge in [-0.15, -0.1) is 11.8 Å². The number of ether oxygens (including phenoxy) is 2. The molecule has 3 atom stereocenters. The normalized spacial score (nSPS) is 18.4. The van der Waals surface area contributed by atoms with E-state index in [1.54, 1.807) is 43.9 Å². The van der Waals surface area contributed by atoms with Gasteiger partial charge >= 0.3 is 12.1 Å². The molecule has 35 heavy (non-hydrogen) atoms. The van der Waals surface area contributed by atoms with Gasteiger partial charge in [0, 0.05) is 19.5 Å². The SMILES string of the molecule is C=CCOC(=O)C(C#N)CC1SC(CCNc2cccc(NC(=O)OC(C)(C)C)n2)C(=O)N1CC. The molecule has 11 heteroatoms. The quantitative estimate of drug-likeness (QED) is 0.342. The molecule has 0 spiro atoms. The molecule has 1 aliphatic rings. The molecule has 0 aliphatic carbocycles. The van der Waals surface area contributed by atoms with E-state index in [1.807, 2.05) is 13.0 Å². The highest BCUT2D eigenvalue weighted by Gasteiger charge is 2.41. The molecule has 1 aromatic rings. The summed E-state index contributed by atoms with van der Waals surface area (Å²) in [5, 5.41) is 14.6. The molecule has 0 radical (unpaired) electrons. The second-order valence-corrected chi connectivity index (χ2v) is 10.2. The number of carbonyl (C=O) groups excluding carboxylic acids is 3. The van der Waals surface area contributed by atoms with Crippen molar-refractivity contribution in [3.05, 3.63) is 30.9 Å². The molecule has 2 N–H and O–H groups in total. The first-order valence-corrected chi connectivity index (χ1v) is 12.4. The molecule has 2 rings (SSSR count). The Kier molecular flexibility index (Phi) is 10.4. The molecule has 0 bridgehead atoms. The topological polar surface area (TPSA) is 134 Å². The zero-order valence-corrected chi connectivity index (χ0v) is 21.4. The van der Waals surface area contributed by atoms with Gasteiger partial charge in [-0.05, 0) is 46.2 Å². The van der Waals surface area contributed by atoms with Crippen LogP contribution in [-0.4, -0.2) is 63.8 Å². The minimum atomic E-state index is -0.949. The highest BCUT2D eigenvalue weighted by Crippen LogP contribution is 2.37. The van der Waals surface area contributed by atoms with Gasteiger partial charge in [0.15, 0.2) is 0 Å². The van der Waals surface area contributed by atoms with Gasteiger partial charge in [0.25, 0.3) is 0 Å². The molecule has 3 unspecified atom stereocenters. The van der Waals surface area contributed by atoms with Crippen LogP contribution in [-0.2, 0) is 19.1 Å². The van der Waals surface area contributed by atoms with Crippen LogP contribution in [0.5, 0.6) is 0 Å². The number of aromatic nitrogens is 1. The van der Waals surface area contributed by atoms with E-state index in [9.17, 15) is 19.6 Å². The van der Waals surface area contributed by atoms with Crippen LogP contribution < -0.4 is 10.6 Å². The lowest BCUT2D eigenvalue weighted by Crippen LogP contribution is -2.36. The van der Waals surface area contributed by atoms with Gasteiger partial charge in [0.05, 0.1) is 16.7 Å². The molecule has 190 valence electrons. The summed E-state index contributed by atoms with van der Waals surface area (Å²) in [7, 11) is 0. The Balaban J connectivity index is 1.91. The summed E-state index contributed by atoms with van der Waals surface area (Å²) in [5.41, 5.74) is -0.616. The van der Waals surface area contributed by atoms with Crippen LogP contribution in [0.25, 0.3) is 0 Å². The number of hydrogen-bond acceptors (Lipinski definition) is 9. The molecular weight excluding hydrogens is 470 g/mol. The fourth-order valence-electron chi connectivity index (χ4n) is 3.37. The van der Waals surface area contributed by atoms with Gasteiger partial charge in [-0.25, -0.2) is 9.78 Å². The van der Waals surface area contributed by atoms with Crippen molar-refractivity contribution in [2.45, 2.75) is 56.8 Å². The summed E-state index contributed by atoms with van der Waals surface area (Å²) in [6.07, 6.45) is 1.59. The second-order valence-electron chi connectivity index (χ2n) is 8.79. The molecule has 1 aromatic heterocycles. The summed E-state index contributed by atoms with van der Waals surface area (Å²) in [6, 6.07) is 7.15. The molecule has 0 aromatic carbocycles. The zero-order valence-electron chi connectivity index (χ0n) is 20.6. The molecular formula is C24H33N5O5S. The van der Waals surface area contributed by atoms with E-state index >= 15 is 0 Å². The maximum atomic E-state index is 12.9. The highest BCUT2D eigenvalue weighted by atomic mass is 32.2. The number of thioether (sulfide) groups is 1. The lowest BCUT2D eigenvalue weighted by atomic mass is 10.1. The van der Waals surface area contributed by atoms with E-state index in [4.69, 9.17) is 9.47 Å². The summed E-state index contributed by atoms with van der Waals surface area (Å²) in [5.74, 6) is -0.678. The molecule has 10 nitrogen and oxygen atoms in total. The number of rotatable bonds is 11. The van der Waals surface area contributed by atoms with Crippen LogP contribution in [0, 0.1) is 17.2 Å². The third-order valence-electron chi connectivity index (χ3n) is 4.88. The van der Waals surface area contributed by atoms with Crippen LogP contribution in [0.2, 0.25) is 0 Å². The van der Waals surface area contributed by atoms with Crippen LogP contribution >= 0.6 is 11.8 Å². The zero-order chi connectivity index (χ0) is 26.0. The summed E-state index contributed by atoms with van der Waals surface area (Å²) in [4.78, 5) is 43.0. The van der Waals surface area contributed by atoms with Crippen molar-refractivity contribution >= 4 is 41.4 Å². The van der Waals surface area contributed by atoms with Crippen molar-refractivity contribution in [2.24, 2.45) is 5.92 Å². The summed E-state index contributed by atoms with van der Waals surface area (Å²) < 4.78 is 10.2. The van der Waals surface area contributed by atoms with Crippen LogP contribution in [0.3, 0.4) is 0 Å². The van der Waals surface area contributed by atoms with Crippen molar-refractivity contribution in [1.82, 2.24) is 9.88 Å². The number of nitrogens with zero attached hydrogens (tertiary/aromatic N) is 3. The fourth-order valence-corrected chi connectivity index (χ4v) is 4.96. The first kappa shape index (κ1) is 28.0. The Morgan fingerprint density at radius 1 is 1.37 bits per heavy atom. The fraction of sp³-hybridized carbons (Fsp3) is 0.542. The number of amides is 2. The predicted octanol–water partition coefficient (Wildman–Crippen LogP) is 3.78. The number of esters is 1. The van der Waals surface area contributed by atoms with Crippen molar-refractivity contribution in [2.75, 3.05) is 30.3 Å². The summed E-state index contributed by atoms with van der Waals surface area (Å²) in [6.45, 7) is 11.7. The Labute approximate surface area is 210 Å². The van der Waals surface area contributed by atoms with E-state index < -0.39 is 23.6 Å². The van der Waals surface area contributed by atoms with E-state index in [1.165, 1.54) is 17.8 Å². The van der Waals surface area contributed by atoms with Crippen molar-refractivity contribution < 1.29 is 23.9 Å². The van der Waals surface area contributed by atoms with Crippen LogP contribution in [0.15, 0.2) is 30.9 Å². The first-order chi connectivity index (χ1) is 16.6. The molecule has 1 aliphatic heterocycles. The van der Waals surface area contributed by atoms with Crippen molar-refractivity contribution in [1.29, 1.82) is 5.26 Å². The van der Waals surface area contributed by atoms with Gasteiger partial charge in [-0.3, -0.25) is 14.9 Å². The van der Waals surface area contributed by atoms with Crippen LogP contribution in [0.1, 0.15) is 40.5 Å². The average Bonchev–Trinajstić information content (AvgIpc) is 3.08. The van der Waals surface area contributed by atoms with Crippen molar-refractivity contribution in [3.8, 4) is 6.07 Å². The lowest BCUT2D eigenvalue weighted by molar-refractivity contribution is -0.146. The maximum absolute atomic E-state index is 12.9. The van der Waals surface area contributed by atoms with Gasteiger partial charge in [-0.2, -0.15) is 5.26 Å². The third-order valence-corrected chi connectivity index (χ3v) is 6.41. The van der Waals surface area contributed by atoms with Gasteiger partial charge in [0.2, 0.25) is 5.91 Å². The lowest BCUT2D eigenvalue weighted by Gasteiger charge is -2.23. The number of hydrogen-bond donors (Lipinski definition) is 2. The van der Waals surface area contributed by atoms with Crippen molar-refractivity contribution in [3.63, 3.8) is 0 Å². The molecule has 2 amide bonds. The number of carbonyl (C=O) groups is 3. The van der Waals surface area contributed by atoms with E-state index in [-0.39, 0.29) is 29.6 Å². The summed E-state index contributed by atoms with van der Waals surface area (Å²) >= 11 is 1.45. The van der Waals surface area contributed by atoms with Gasteiger partial charge in [0.1, 0.15) is 29.8 Å². The second kappa shape index (κ2) is 13.0. The maximum Gasteiger partial charge on any atom is 0.413 e. The van der Waals surface area contributed by atoms with Gasteiger partial charge < -0.3 is 19.7 Å². The smallest absolute Gasteiger partial charge is 0.413 e. The average molecular weight is 504 g/mol. The third kappa shape index (κ3) is 8.79. The Morgan fingerprint density at radius 2 is 2.09 bits per heavy atom. The molecule has 1 saturated heterocycles. The Hall–Kier alpha value is -3.26. The number of nitrogens with one attached hydrogen (secondary N) is 2. The first-order valence-electron chi connectivity index (χ1n) is 11.4.